The van der Waals surface area contributed by atoms with Crippen LogP contribution >= 0.6 is 11.3 Å². The summed E-state index contributed by atoms with van der Waals surface area (Å²) >= 11 is 1.87. The van der Waals surface area contributed by atoms with Crippen LogP contribution < -0.4 is 4.72 Å². The average molecular weight is 359 g/mol. The molecule has 0 unspecified atom stereocenters. The van der Waals surface area contributed by atoms with E-state index in [2.05, 4.69) is 21.8 Å². The second-order valence-corrected chi connectivity index (χ2v) is 9.58. The molecule has 3 rings (SSSR count). The summed E-state index contributed by atoms with van der Waals surface area (Å²) in [5, 5.41) is 0. The van der Waals surface area contributed by atoms with Crippen molar-refractivity contribution in [3.63, 3.8) is 0 Å². The Labute approximate surface area is 143 Å². The fourth-order valence-corrected chi connectivity index (χ4v) is 5.33. The van der Waals surface area contributed by atoms with Gasteiger partial charge in [-0.3, -0.25) is 4.90 Å². The summed E-state index contributed by atoms with van der Waals surface area (Å²) in [6.45, 7) is 3.74. The van der Waals surface area contributed by atoms with E-state index in [0.717, 1.165) is 45.5 Å². The molecule has 5 nitrogen and oxygen atoms in total. The van der Waals surface area contributed by atoms with Crippen LogP contribution in [0.4, 0.5) is 0 Å². The molecule has 1 atom stereocenters. The minimum atomic E-state index is -3.09. The predicted molar refractivity (Wildman–Crippen MR) is 93.1 cm³/mol. The van der Waals surface area contributed by atoms with Gasteiger partial charge in [0.15, 0.2) is 0 Å². The number of thiophene rings is 1. The minimum absolute atomic E-state index is 0.0933. The number of ether oxygens (including phenoxy) is 1. The van der Waals surface area contributed by atoms with Crippen LogP contribution in [0.5, 0.6) is 0 Å². The van der Waals surface area contributed by atoms with E-state index in [1.807, 2.05) is 11.3 Å². The van der Waals surface area contributed by atoms with Gasteiger partial charge in [0.05, 0.1) is 12.4 Å². The van der Waals surface area contributed by atoms with E-state index in [0.29, 0.717) is 6.10 Å². The molecular weight excluding hydrogens is 332 g/mol. The summed E-state index contributed by atoms with van der Waals surface area (Å²) in [6, 6.07) is 4.53. The summed E-state index contributed by atoms with van der Waals surface area (Å²) in [7, 11) is -3.09. The van der Waals surface area contributed by atoms with Gasteiger partial charge in [-0.1, -0.05) is 0 Å². The minimum Gasteiger partial charge on any atom is -0.373 e. The van der Waals surface area contributed by atoms with Crippen LogP contribution in [0.1, 0.15) is 48.0 Å². The Bertz CT molecular complexity index is 601. The van der Waals surface area contributed by atoms with Crippen LogP contribution in [0, 0.1) is 0 Å². The Hall–Kier alpha value is -0.470. The zero-order valence-corrected chi connectivity index (χ0v) is 15.3. The zero-order valence-electron chi connectivity index (χ0n) is 13.7. The lowest BCUT2D eigenvalue weighted by Gasteiger charge is -2.31. The van der Waals surface area contributed by atoms with Crippen molar-refractivity contribution in [2.24, 2.45) is 0 Å². The highest BCUT2D eigenvalue weighted by Crippen LogP contribution is 2.33. The highest BCUT2D eigenvalue weighted by Gasteiger charge is 2.23. The van der Waals surface area contributed by atoms with E-state index in [1.165, 1.54) is 28.9 Å². The van der Waals surface area contributed by atoms with Crippen molar-refractivity contribution in [2.75, 3.05) is 26.0 Å². The normalized spacial score (nSPS) is 24.8. The average Bonchev–Trinajstić information content (AvgIpc) is 2.97. The van der Waals surface area contributed by atoms with Gasteiger partial charge in [0.2, 0.25) is 10.0 Å². The Morgan fingerprint density at radius 1 is 1.26 bits per heavy atom. The summed E-state index contributed by atoms with van der Waals surface area (Å²) in [5.74, 6) is 0. The molecule has 0 radical (unpaired) electrons. The van der Waals surface area contributed by atoms with Crippen molar-refractivity contribution in [3.8, 4) is 0 Å². The monoisotopic (exact) mass is 358 g/mol. The van der Waals surface area contributed by atoms with Crippen molar-refractivity contribution >= 4 is 21.4 Å². The third-order valence-electron chi connectivity index (χ3n) is 4.53. The van der Waals surface area contributed by atoms with E-state index >= 15 is 0 Å². The molecule has 3 heterocycles. The molecule has 2 saturated heterocycles. The molecule has 130 valence electrons. The lowest BCUT2D eigenvalue weighted by molar-refractivity contribution is 0.0172. The van der Waals surface area contributed by atoms with Gasteiger partial charge >= 0.3 is 0 Å². The molecule has 2 fully saturated rings. The molecule has 0 aliphatic carbocycles. The van der Waals surface area contributed by atoms with Crippen molar-refractivity contribution in [2.45, 2.75) is 50.8 Å². The maximum Gasteiger partial charge on any atom is 0.208 e. The van der Waals surface area contributed by atoms with E-state index in [9.17, 15) is 8.42 Å². The first-order valence-electron chi connectivity index (χ1n) is 8.39. The zero-order chi connectivity index (χ0) is 16.3. The maximum atomic E-state index is 11.3. The third-order valence-corrected chi connectivity index (χ3v) is 6.45. The first-order chi connectivity index (χ1) is 11.0. The van der Waals surface area contributed by atoms with Crippen molar-refractivity contribution < 1.29 is 13.2 Å². The fourth-order valence-electron chi connectivity index (χ4n) is 3.35. The van der Waals surface area contributed by atoms with Gasteiger partial charge in [-0.25, -0.2) is 13.1 Å². The predicted octanol–water partition coefficient (Wildman–Crippen LogP) is 2.50. The lowest BCUT2D eigenvalue weighted by Crippen LogP contribution is -2.43. The number of hydrogen-bond acceptors (Lipinski definition) is 5. The molecular formula is C16H26N2O3S2. The standard InChI is InChI=1S/C16H26N2O3S2/c1-23(19,20)17-13-7-9-18(10-8-13)12-14-5-6-16(22-14)15-4-2-3-11-21-15/h5-6,13,15,17H,2-4,7-12H2,1H3/t15-/m1/s1. The van der Waals surface area contributed by atoms with E-state index in [1.54, 1.807) is 0 Å². The van der Waals surface area contributed by atoms with Crippen molar-refractivity contribution in [1.29, 1.82) is 0 Å². The summed E-state index contributed by atoms with van der Waals surface area (Å²) in [5.41, 5.74) is 0. The molecule has 0 spiro atoms. The van der Waals surface area contributed by atoms with E-state index < -0.39 is 10.0 Å². The molecule has 1 aromatic rings. The third kappa shape index (κ3) is 5.26. The summed E-state index contributed by atoms with van der Waals surface area (Å²) < 4.78 is 31.2. The SMILES string of the molecule is CS(=O)(=O)NC1CCN(Cc2ccc([C@H]3CCCCO3)s2)CC1. The first kappa shape index (κ1) is 17.4. The number of piperidine rings is 1. The highest BCUT2D eigenvalue weighted by atomic mass is 32.2. The molecule has 7 heteroatoms. The van der Waals surface area contributed by atoms with Crippen LogP contribution in [-0.4, -0.2) is 45.3 Å². The number of nitrogens with zero attached hydrogens (tertiary/aromatic N) is 1. The molecule has 0 amide bonds. The number of likely N-dealkylation sites (tertiary alicyclic amines) is 1. The van der Waals surface area contributed by atoms with Gasteiger partial charge in [-0.05, 0) is 44.2 Å². The molecule has 23 heavy (non-hydrogen) atoms. The first-order valence-corrected chi connectivity index (χ1v) is 11.1. The van der Waals surface area contributed by atoms with Crippen LogP contribution in [0.25, 0.3) is 0 Å². The number of hydrogen-bond donors (Lipinski definition) is 1. The van der Waals surface area contributed by atoms with Crippen LogP contribution in [-0.2, 0) is 21.3 Å². The van der Waals surface area contributed by atoms with Crippen LogP contribution in [0.3, 0.4) is 0 Å². The Kier molecular flexibility index (Phi) is 5.74. The van der Waals surface area contributed by atoms with Gasteiger partial charge < -0.3 is 4.74 Å². The quantitative estimate of drug-likeness (QED) is 0.879. The smallest absolute Gasteiger partial charge is 0.208 e. The lowest BCUT2D eigenvalue weighted by atomic mass is 10.1. The van der Waals surface area contributed by atoms with Crippen molar-refractivity contribution in [3.05, 3.63) is 21.9 Å². The highest BCUT2D eigenvalue weighted by molar-refractivity contribution is 7.88. The number of sulfonamides is 1. The number of rotatable bonds is 5. The van der Waals surface area contributed by atoms with Gasteiger partial charge in [0, 0.05) is 42.0 Å². The number of nitrogens with one attached hydrogen (secondary N) is 1. The molecule has 1 aromatic heterocycles. The largest absolute Gasteiger partial charge is 0.373 e. The van der Waals surface area contributed by atoms with E-state index in [-0.39, 0.29) is 6.04 Å². The molecule has 0 aromatic carbocycles. The molecule has 2 aliphatic rings. The van der Waals surface area contributed by atoms with Gasteiger partial charge in [-0.2, -0.15) is 0 Å². The summed E-state index contributed by atoms with van der Waals surface area (Å²) in [6.07, 6.45) is 6.90. The van der Waals surface area contributed by atoms with Gasteiger partial charge in [-0.15, -0.1) is 11.3 Å². The Balaban J connectivity index is 1.48. The Morgan fingerprint density at radius 3 is 2.70 bits per heavy atom. The van der Waals surface area contributed by atoms with Crippen molar-refractivity contribution in [1.82, 2.24) is 9.62 Å². The van der Waals surface area contributed by atoms with Gasteiger partial charge in [0.1, 0.15) is 0 Å². The topological polar surface area (TPSA) is 58.6 Å². The second kappa shape index (κ2) is 7.61. The molecule has 0 saturated carbocycles. The van der Waals surface area contributed by atoms with Crippen LogP contribution in [0.2, 0.25) is 0 Å². The van der Waals surface area contributed by atoms with Gasteiger partial charge in [0.25, 0.3) is 0 Å². The second-order valence-electron chi connectivity index (χ2n) is 6.60. The Morgan fingerprint density at radius 2 is 2.04 bits per heavy atom. The molecule has 0 bridgehead atoms. The fraction of sp³-hybridized carbons (Fsp3) is 0.750. The van der Waals surface area contributed by atoms with E-state index in [4.69, 9.17) is 4.74 Å². The molecule has 2 aliphatic heterocycles. The summed E-state index contributed by atoms with van der Waals surface area (Å²) in [4.78, 5) is 5.15. The maximum absolute atomic E-state index is 11.3. The molecule has 1 N–H and O–H groups in total. The van der Waals surface area contributed by atoms with Crippen LogP contribution in [0.15, 0.2) is 12.1 Å².